The van der Waals surface area contributed by atoms with Crippen LogP contribution >= 0.6 is 0 Å². The Morgan fingerprint density at radius 2 is 1.61 bits per heavy atom. The molecule has 1 N–H and O–H groups in total. The molecule has 0 aliphatic carbocycles. The van der Waals surface area contributed by atoms with E-state index in [-0.39, 0.29) is 18.1 Å². The number of hydrogen-bond donors (Lipinski definition) is 1. The number of para-hydroxylation sites is 1. The van der Waals surface area contributed by atoms with Gasteiger partial charge in [-0.1, -0.05) is 43.3 Å². The summed E-state index contributed by atoms with van der Waals surface area (Å²) in [5, 5.41) is 2.92. The summed E-state index contributed by atoms with van der Waals surface area (Å²) in [4.78, 5) is 28.4. The van der Waals surface area contributed by atoms with Crippen molar-refractivity contribution in [3.05, 3.63) is 65.5 Å². The molecule has 2 aromatic carbocycles. The van der Waals surface area contributed by atoms with E-state index in [2.05, 4.69) is 5.32 Å². The van der Waals surface area contributed by atoms with Crippen LogP contribution in [0.5, 0.6) is 0 Å². The Hall–Kier alpha value is -2.98. The molecule has 2 rings (SSSR count). The van der Waals surface area contributed by atoms with Gasteiger partial charge in [-0.15, -0.1) is 0 Å². The molecule has 0 aromatic heterocycles. The van der Waals surface area contributed by atoms with Gasteiger partial charge in [0.25, 0.3) is 0 Å². The van der Waals surface area contributed by atoms with Crippen molar-refractivity contribution in [3.63, 3.8) is 0 Å². The van der Waals surface area contributed by atoms with Gasteiger partial charge >= 0.3 is 10.2 Å². The van der Waals surface area contributed by atoms with Crippen molar-refractivity contribution in [1.82, 2.24) is 14.5 Å². The first-order chi connectivity index (χ1) is 16.7. The Kier molecular flexibility index (Phi) is 9.62. The summed E-state index contributed by atoms with van der Waals surface area (Å²) in [5.74, 6) is -1.75. The topological polar surface area (TPSA) is 90.0 Å². The Labute approximate surface area is 214 Å². The second-order valence-electron chi connectivity index (χ2n) is 9.86. The lowest BCUT2D eigenvalue weighted by atomic mass is 10.0. The van der Waals surface area contributed by atoms with E-state index in [4.69, 9.17) is 0 Å². The van der Waals surface area contributed by atoms with Gasteiger partial charge in [-0.25, -0.2) is 8.70 Å². The number of carbonyl (C=O) groups is 2. The molecular formula is C26H37FN4O4S. The van der Waals surface area contributed by atoms with Gasteiger partial charge in [0.1, 0.15) is 18.4 Å². The molecule has 0 bridgehead atoms. The van der Waals surface area contributed by atoms with Crippen molar-refractivity contribution in [2.75, 3.05) is 24.9 Å². The summed E-state index contributed by atoms with van der Waals surface area (Å²) in [6.07, 6.45) is 0.305. The first kappa shape index (κ1) is 29.3. The normalized spacial score (nSPS) is 12.8. The number of carbonyl (C=O) groups excluding carboxylic acids is 2. The minimum Gasteiger partial charge on any atom is -0.350 e. The van der Waals surface area contributed by atoms with E-state index in [1.54, 1.807) is 6.92 Å². The van der Waals surface area contributed by atoms with Crippen LogP contribution in [0.1, 0.15) is 45.2 Å². The molecule has 0 saturated carbocycles. The van der Waals surface area contributed by atoms with E-state index in [0.717, 1.165) is 25.8 Å². The fraction of sp³-hybridized carbons (Fsp3) is 0.462. The Morgan fingerprint density at radius 3 is 2.14 bits per heavy atom. The number of amides is 2. The first-order valence-corrected chi connectivity index (χ1v) is 13.2. The average molecular weight is 521 g/mol. The van der Waals surface area contributed by atoms with Gasteiger partial charge in [-0.2, -0.15) is 12.7 Å². The third-order valence-electron chi connectivity index (χ3n) is 5.63. The van der Waals surface area contributed by atoms with E-state index in [1.807, 2.05) is 52.0 Å². The molecule has 0 heterocycles. The lowest BCUT2D eigenvalue weighted by Gasteiger charge is -2.35. The minimum atomic E-state index is -4.23. The molecule has 0 spiro atoms. The molecule has 10 heteroatoms. The quantitative estimate of drug-likeness (QED) is 0.520. The molecule has 8 nitrogen and oxygen atoms in total. The van der Waals surface area contributed by atoms with Gasteiger partial charge in [0.05, 0.1) is 5.69 Å². The van der Waals surface area contributed by atoms with Crippen molar-refractivity contribution in [1.29, 1.82) is 0 Å². The van der Waals surface area contributed by atoms with Crippen molar-refractivity contribution in [3.8, 4) is 0 Å². The van der Waals surface area contributed by atoms with Gasteiger partial charge in [0.2, 0.25) is 11.8 Å². The highest BCUT2D eigenvalue weighted by Crippen LogP contribution is 2.24. The average Bonchev–Trinajstić information content (AvgIpc) is 2.77. The maximum absolute atomic E-state index is 14.7. The van der Waals surface area contributed by atoms with Crippen molar-refractivity contribution in [2.24, 2.45) is 0 Å². The molecule has 198 valence electrons. The van der Waals surface area contributed by atoms with Crippen LogP contribution in [-0.2, 0) is 26.3 Å². The molecule has 2 aromatic rings. The van der Waals surface area contributed by atoms with Crippen LogP contribution in [0.2, 0.25) is 0 Å². The summed E-state index contributed by atoms with van der Waals surface area (Å²) >= 11 is 0. The minimum absolute atomic E-state index is 0.0920. The largest absolute Gasteiger partial charge is 0.350 e. The maximum Gasteiger partial charge on any atom is 0.304 e. The Bertz CT molecular complexity index is 1180. The molecule has 2 amide bonds. The predicted octanol–water partition coefficient (Wildman–Crippen LogP) is 3.47. The fourth-order valence-electron chi connectivity index (χ4n) is 3.70. The second-order valence-corrected chi connectivity index (χ2v) is 11.9. The summed E-state index contributed by atoms with van der Waals surface area (Å²) in [7, 11) is -1.61. The SMILES string of the molecule is CC[C@H](C(=O)NC(C)(C)C)N(Cc1ccccc1C)C(=O)CN(c1ccccc1F)S(=O)(=O)N(C)C. The molecule has 0 unspecified atom stereocenters. The molecule has 0 saturated heterocycles. The monoisotopic (exact) mass is 520 g/mol. The molecule has 1 atom stereocenters. The smallest absolute Gasteiger partial charge is 0.304 e. The van der Waals surface area contributed by atoms with E-state index < -0.39 is 40.1 Å². The predicted molar refractivity (Wildman–Crippen MR) is 140 cm³/mol. The highest BCUT2D eigenvalue weighted by molar-refractivity contribution is 7.90. The van der Waals surface area contributed by atoms with Gasteiger partial charge in [-0.05, 0) is 57.4 Å². The number of anilines is 1. The maximum atomic E-state index is 14.7. The zero-order valence-electron chi connectivity index (χ0n) is 22.1. The van der Waals surface area contributed by atoms with Gasteiger partial charge in [0.15, 0.2) is 0 Å². The highest BCUT2D eigenvalue weighted by Gasteiger charge is 2.35. The van der Waals surface area contributed by atoms with E-state index in [0.29, 0.717) is 6.42 Å². The highest BCUT2D eigenvalue weighted by atomic mass is 32.2. The van der Waals surface area contributed by atoms with Crippen LogP contribution in [0.3, 0.4) is 0 Å². The lowest BCUT2D eigenvalue weighted by molar-refractivity contribution is -0.141. The van der Waals surface area contributed by atoms with E-state index >= 15 is 0 Å². The van der Waals surface area contributed by atoms with Crippen LogP contribution in [0.4, 0.5) is 10.1 Å². The summed E-state index contributed by atoms with van der Waals surface area (Å²) in [6.45, 7) is 8.63. The summed E-state index contributed by atoms with van der Waals surface area (Å²) in [5.41, 5.74) is 0.964. The summed E-state index contributed by atoms with van der Waals surface area (Å²) < 4.78 is 42.7. The van der Waals surface area contributed by atoms with E-state index in [9.17, 15) is 22.4 Å². The standard InChI is InChI=1S/C26H37FN4O4S/c1-8-22(25(33)28-26(3,4)5)30(17-20-14-10-9-13-19(20)2)24(32)18-31(36(34,35)29(6)7)23-16-12-11-15-21(23)27/h9-16,22H,8,17-18H2,1-7H3,(H,28,33)/t22-/m1/s1. The molecule has 36 heavy (non-hydrogen) atoms. The number of nitrogens with zero attached hydrogens (tertiary/aromatic N) is 3. The number of nitrogens with one attached hydrogen (secondary N) is 1. The Balaban J connectivity index is 2.56. The lowest BCUT2D eigenvalue weighted by Crippen LogP contribution is -2.55. The van der Waals surface area contributed by atoms with Gasteiger partial charge < -0.3 is 10.2 Å². The number of halogens is 1. The van der Waals surface area contributed by atoms with Crippen LogP contribution < -0.4 is 9.62 Å². The second kappa shape index (κ2) is 11.8. The van der Waals surface area contributed by atoms with Crippen LogP contribution in [0.25, 0.3) is 0 Å². The third kappa shape index (κ3) is 7.27. The number of hydrogen-bond acceptors (Lipinski definition) is 4. The number of aryl methyl sites for hydroxylation is 1. The molecule has 0 aliphatic heterocycles. The molecular weight excluding hydrogens is 483 g/mol. The number of benzene rings is 2. The molecule has 0 aliphatic rings. The zero-order valence-corrected chi connectivity index (χ0v) is 22.9. The van der Waals surface area contributed by atoms with Crippen LogP contribution in [0.15, 0.2) is 48.5 Å². The molecule has 0 fully saturated rings. The van der Waals surface area contributed by atoms with Crippen LogP contribution in [-0.4, -0.2) is 61.7 Å². The van der Waals surface area contributed by atoms with Gasteiger partial charge in [-0.3, -0.25) is 9.59 Å². The number of rotatable bonds is 10. The Morgan fingerprint density at radius 1 is 1.03 bits per heavy atom. The third-order valence-corrected chi connectivity index (χ3v) is 7.43. The van der Waals surface area contributed by atoms with Crippen molar-refractivity contribution in [2.45, 2.75) is 59.2 Å². The molecule has 0 radical (unpaired) electrons. The van der Waals surface area contributed by atoms with Gasteiger partial charge in [0, 0.05) is 26.2 Å². The van der Waals surface area contributed by atoms with Crippen molar-refractivity contribution >= 4 is 27.7 Å². The van der Waals surface area contributed by atoms with Crippen molar-refractivity contribution < 1.29 is 22.4 Å². The zero-order chi connectivity index (χ0) is 27.3. The fourth-order valence-corrected chi connectivity index (χ4v) is 4.76. The van der Waals surface area contributed by atoms with E-state index in [1.165, 1.54) is 37.2 Å². The van der Waals surface area contributed by atoms with Crippen LogP contribution in [0, 0.1) is 12.7 Å². The first-order valence-electron chi connectivity index (χ1n) is 11.8. The summed E-state index contributed by atoms with van der Waals surface area (Å²) in [6, 6.07) is 12.0.